The van der Waals surface area contributed by atoms with Gasteiger partial charge in [0.1, 0.15) is 7.85 Å². The van der Waals surface area contributed by atoms with Gasteiger partial charge in [-0.25, -0.2) is 0 Å². The molecular weight excluding hydrogens is 450 g/mol. The third-order valence-corrected chi connectivity index (χ3v) is 7.34. The van der Waals surface area contributed by atoms with Gasteiger partial charge in [0.2, 0.25) is 5.78 Å². The van der Waals surface area contributed by atoms with Gasteiger partial charge in [0, 0.05) is 23.7 Å². The molecule has 0 aliphatic heterocycles. The second kappa shape index (κ2) is 5.00. The van der Waals surface area contributed by atoms with Crippen molar-refractivity contribution < 1.29 is 9.59 Å². The number of ketones is 2. The zero-order valence-electron chi connectivity index (χ0n) is 12.5. The minimum absolute atomic E-state index is 0.00494. The number of carbonyl (C=O) groups excluding carboxylic acids is 2. The number of hydrogen-bond acceptors (Lipinski definition) is 4. The van der Waals surface area contributed by atoms with Gasteiger partial charge >= 0.3 is 0 Å². The Morgan fingerprint density at radius 2 is 1.38 bits per heavy atom. The summed E-state index contributed by atoms with van der Waals surface area (Å²) in [6.07, 6.45) is 0. The number of benzene rings is 2. The molecule has 0 bridgehead atoms. The lowest BCUT2D eigenvalue weighted by atomic mass is 9.89. The number of rotatable bonds is 0. The summed E-state index contributed by atoms with van der Waals surface area (Å²) in [5.41, 5.74) is 2.31. The molecule has 0 radical (unpaired) electrons. The highest BCUT2D eigenvalue weighted by Crippen LogP contribution is 2.43. The SMILES string of the molecule is Bc1ccc2c3c(sc2c1)C(=O)c1sc2cc(I)ccc2c1C3=O. The fourth-order valence-corrected chi connectivity index (χ4v) is 6.47. The Morgan fingerprint density at radius 1 is 0.792 bits per heavy atom. The summed E-state index contributed by atoms with van der Waals surface area (Å²) in [4.78, 5) is 27.4. The van der Waals surface area contributed by atoms with E-state index in [1.165, 1.54) is 22.7 Å². The third kappa shape index (κ3) is 1.87. The fourth-order valence-electron chi connectivity index (χ4n) is 3.27. The second-order valence-corrected chi connectivity index (χ2v) is 9.26. The summed E-state index contributed by atoms with van der Waals surface area (Å²) in [5, 5.41) is 1.79. The molecule has 0 spiro atoms. The monoisotopic (exact) mass is 458 g/mol. The van der Waals surface area contributed by atoms with E-state index in [0.717, 1.165) is 29.2 Å². The van der Waals surface area contributed by atoms with Gasteiger partial charge in [-0.05, 0) is 34.7 Å². The van der Waals surface area contributed by atoms with E-state index in [1.54, 1.807) is 0 Å². The Bertz CT molecular complexity index is 1130. The van der Waals surface area contributed by atoms with Crippen LogP contribution in [0.15, 0.2) is 36.4 Å². The topological polar surface area (TPSA) is 34.1 Å². The molecule has 114 valence electrons. The molecule has 2 aromatic carbocycles. The molecule has 24 heavy (non-hydrogen) atoms. The van der Waals surface area contributed by atoms with Crippen LogP contribution in [0.25, 0.3) is 20.2 Å². The van der Waals surface area contributed by atoms with Crippen LogP contribution in [-0.2, 0) is 0 Å². The van der Waals surface area contributed by atoms with Gasteiger partial charge < -0.3 is 0 Å². The smallest absolute Gasteiger partial charge is 0.214 e. The molecule has 6 heteroatoms. The molecule has 2 nitrogen and oxygen atoms in total. The van der Waals surface area contributed by atoms with Crippen molar-refractivity contribution in [3.05, 3.63) is 60.8 Å². The zero-order chi connectivity index (χ0) is 16.6. The van der Waals surface area contributed by atoms with Crippen molar-refractivity contribution in [3.63, 3.8) is 0 Å². The van der Waals surface area contributed by atoms with Crippen molar-refractivity contribution >= 4 is 90.3 Å². The van der Waals surface area contributed by atoms with Gasteiger partial charge in [0.25, 0.3) is 0 Å². The van der Waals surface area contributed by atoms with E-state index in [0.29, 0.717) is 20.9 Å². The van der Waals surface area contributed by atoms with Crippen molar-refractivity contribution in [1.82, 2.24) is 0 Å². The van der Waals surface area contributed by atoms with Gasteiger partial charge in [-0.3, -0.25) is 9.59 Å². The normalized spacial score (nSPS) is 13.5. The van der Waals surface area contributed by atoms with Crippen LogP contribution in [0.2, 0.25) is 0 Å². The molecular formula is C18H8BIO2S2. The Balaban J connectivity index is 1.88. The molecule has 4 aromatic rings. The first-order chi connectivity index (χ1) is 11.5. The maximum Gasteiger partial charge on any atom is 0.214 e. The maximum absolute atomic E-state index is 13.2. The average Bonchev–Trinajstić information content (AvgIpc) is 3.10. The van der Waals surface area contributed by atoms with Crippen LogP contribution in [-0.4, -0.2) is 19.4 Å². The van der Waals surface area contributed by atoms with E-state index in [4.69, 9.17) is 0 Å². The first-order valence-corrected chi connectivity index (χ1v) is 10.1. The van der Waals surface area contributed by atoms with E-state index in [1.807, 2.05) is 44.2 Å². The van der Waals surface area contributed by atoms with Crippen molar-refractivity contribution in [2.75, 3.05) is 0 Å². The first-order valence-electron chi connectivity index (χ1n) is 7.39. The molecule has 0 saturated carbocycles. The lowest BCUT2D eigenvalue weighted by Gasteiger charge is -2.10. The van der Waals surface area contributed by atoms with Crippen LogP contribution in [0, 0.1) is 3.57 Å². The largest absolute Gasteiger partial charge is 0.288 e. The molecule has 1 aliphatic rings. The van der Waals surface area contributed by atoms with E-state index >= 15 is 0 Å². The molecule has 0 N–H and O–H groups in total. The number of carbonyl (C=O) groups is 2. The van der Waals surface area contributed by atoms with Crippen LogP contribution in [0.5, 0.6) is 0 Å². The molecule has 0 saturated heterocycles. The van der Waals surface area contributed by atoms with Crippen LogP contribution in [0.3, 0.4) is 0 Å². The lowest BCUT2D eigenvalue weighted by molar-refractivity contribution is 0.0988. The summed E-state index contributed by atoms with van der Waals surface area (Å²) < 4.78 is 3.12. The van der Waals surface area contributed by atoms with E-state index in [9.17, 15) is 9.59 Å². The van der Waals surface area contributed by atoms with Crippen LogP contribution in [0.4, 0.5) is 0 Å². The highest BCUT2D eigenvalue weighted by Gasteiger charge is 2.36. The molecule has 2 heterocycles. The molecule has 1 aliphatic carbocycles. The minimum Gasteiger partial charge on any atom is -0.288 e. The number of halogens is 1. The van der Waals surface area contributed by atoms with Crippen molar-refractivity contribution in [2.24, 2.45) is 0 Å². The molecule has 0 atom stereocenters. The summed E-state index contributed by atoms with van der Waals surface area (Å²) in [5.74, 6) is -0.0168. The Hall–Kier alpha value is -1.51. The van der Waals surface area contributed by atoms with Crippen LogP contribution >= 0.6 is 45.3 Å². The standard InChI is InChI=1S/C18H8BIO2S2/c19-7-1-3-9-11(5-7)23-17-13(9)15(21)14-10-4-2-8(20)6-12(10)24-18(14)16(17)22/h1-6H,19H2. The Kier molecular flexibility index (Phi) is 3.08. The highest BCUT2D eigenvalue weighted by atomic mass is 127. The molecule has 0 amide bonds. The number of hydrogen-bond donors (Lipinski definition) is 0. The summed E-state index contributed by atoms with van der Waals surface area (Å²) >= 11 is 5.12. The van der Waals surface area contributed by atoms with Crippen molar-refractivity contribution in [1.29, 1.82) is 0 Å². The van der Waals surface area contributed by atoms with Crippen molar-refractivity contribution in [3.8, 4) is 0 Å². The third-order valence-electron chi connectivity index (χ3n) is 4.36. The summed E-state index contributed by atoms with van der Waals surface area (Å²) in [7, 11) is 2.02. The van der Waals surface area contributed by atoms with E-state index in [-0.39, 0.29) is 11.6 Å². The van der Waals surface area contributed by atoms with Crippen molar-refractivity contribution in [2.45, 2.75) is 0 Å². The predicted octanol–water partition coefficient (Wildman–Crippen LogP) is 3.75. The predicted molar refractivity (Wildman–Crippen MR) is 111 cm³/mol. The van der Waals surface area contributed by atoms with Gasteiger partial charge in [-0.15, -0.1) is 22.7 Å². The molecule has 5 rings (SSSR count). The van der Waals surface area contributed by atoms with Gasteiger partial charge in [-0.1, -0.05) is 29.7 Å². The highest BCUT2D eigenvalue weighted by molar-refractivity contribution is 14.1. The van der Waals surface area contributed by atoms with E-state index in [2.05, 4.69) is 22.6 Å². The second-order valence-electron chi connectivity index (χ2n) is 5.91. The van der Waals surface area contributed by atoms with Crippen LogP contribution in [0.1, 0.15) is 30.5 Å². The first kappa shape index (κ1) is 14.8. The van der Waals surface area contributed by atoms with Crippen LogP contribution < -0.4 is 5.46 Å². The molecule has 0 unspecified atom stereocenters. The fraction of sp³-hybridized carbons (Fsp3) is 0. The Morgan fingerprint density at radius 3 is 2.04 bits per heavy atom. The van der Waals surface area contributed by atoms with E-state index < -0.39 is 0 Å². The lowest BCUT2D eigenvalue weighted by Crippen LogP contribution is -2.16. The molecule has 0 fully saturated rings. The molecule has 2 aromatic heterocycles. The number of thiophene rings is 2. The zero-order valence-corrected chi connectivity index (χ0v) is 16.3. The van der Waals surface area contributed by atoms with Gasteiger partial charge in [0.05, 0.1) is 20.9 Å². The van der Waals surface area contributed by atoms with Gasteiger partial charge in [0.15, 0.2) is 5.78 Å². The Labute approximate surface area is 160 Å². The maximum atomic E-state index is 13.2. The average molecular weight is 458 g/mol. The quantitative estimate of drug-likeness (QED) is 0.262. The summed E-state index contributed by atoms with van der Waals surface area (Å²) in [6, 6.07) is 12.0. The summed E-state index contributed by atoms with van der Waals surface area (Å²) in [6.45, 7) is 0. The number of fused-ring (bicyclic) bond motifs is 6. The minimum atomic E-state index is -0.0119. The van der Waals surface area contributed by atoms with Gasteiger partial charge in [-0.2, -0.15) is 0 Å².